The Balaban J connectivity index is 1.37. The fourth-order valence-electron chi connectivity index (χ4n) is 4.41. The molecule has 1 saturated heterocycles. The van der Waals surface area contributed by atoms with Gasteiger partial charge in [0.15, 0.2) is 11.7 Å². The van der Waals surface area contributed by atoms with Gasteiger partial charge in [0.05, 0.1) is 29.8 Å². The Bertz CT molecular complexity index is 1470. The molecule has 0 radical (unpaired) electrons. The van der Waals surface area contributed by atoms with Gasteiger partial charge in [-0.2, -0.15) is 5.10 Å². The number of ketones is 1. The van der Waals surface area contributed by atoms with Crippen LogP contribution in [0.2, 0.25) is 0 Å². The van der Waals surface area contributed by atoms with Crippen LogP contribution in [0.3, 0.4) is 0 Å². The molecule has 1 aliphatic rings. The van der Waals surface area contributed by atoms with Crippen molar-refractivity contribution in [2.24, 2.45) is 5.16 Å². The molecule has 12 heteroatoms. The number of methoxy groups -OCH3 is 1. The zero-order chi connectivity index (χ0) is 25.9. The van der Waals surface area contributed by atoms with Gasteiger partial charge in [-0.15, -0.1) is 0 Å². The van der Waals surface area contributed by atoms with Gasteiger partial charge in [0, 0.05) is 37.9 Å². The van der Waals surface area contributed by atoms with Crippen molar-refractivity contribution in [3.63, 3.8) is 0 Å². The monoisotopic (exact) mass is 502 g/mol. The molecule has 1 amide bonds. The van der Waals surface area contributed by atoms with Crippen molar-refractivity contribution in [3.05, 3.63) is 66.0 Å². The lowest BCUT2D eigenvalue weighted by atomic mass is 10.1. The number of carbonyl (C=O) groups is 2. The zero-order valence-electron chi connectivity index (χ0n) is 20.7. The average Bonchev–Trinajstić information content (AvgIpc) is 3.58. The number of fused-ring (bicyclic) bond motifs is 1. The van der Waals surface area contributed by atoms with Gasteiger partial charge in [0.2, 0.25) is 0 Å². The van der Waals surface area contributed by atoms with Gasteiger partial charge in [-0.1, -0.05) is 35.5 Å². The summed E-state index contributed by atoms with van der Waals surface area (Å²) in [5, 5.41) is 8.96. The Morgan fingerprint density at radius 2 is 1.76 bits per heavy atom. The van der Waals surface area contributed by atoms with Crippen LogP contribution in [0.25, 0.3) is 16.7 Å². The number of nitrogens with one attached hydrogen (secondary N) is 1. The third-order valence-corrected chi connectivity index (χ3v) is 6.21. The van der Waals surface area contributed by atoms with Crippen LogP contribution in [0.4, 0.5) is 0 Å². The SMILES string of the molecule is CO/N=C(\c1ccccc1)N1CCN(C(=O)C(=O)c2c[nH]c3c(-n4cnc(C)n4)ncc(OC)c23)CC1. The number of carbonyl (C=O) groups excluding carboxylic acids is 2. The molecule has 4 heterocycles. The number of oxime groups is 1. The highest BCUT2D eigenvalue weighted by molar-refractivity contribution is 6.45. The lowest BCUT2D eigenvalue weighted by Crippen LogP contribution is -2.52. The van der Waals surface area contributed by atoms with E-state index in [4.69, 9.17) is 9.57 Å². The fourth-order valence-corrected chi connectivity index (χ4v) is 4.41. The van der Waals surface area contributed by atoms with E-state index >= 15 is 0 Å². The predicted molar refractivity (Wildman–Crippen MR) is 135 cm³/mol. The first-order valence-corrected chi connectivity index (χ1v) is 11.7. The quantitative estimate of drug-likeness (QED) is 0.139. The molecule has 5 rings (SSSR count). The molecular formula is C25H26N8O4. The first kappa shape index (κ1) is 24.0. The summed E-state index contributed by atoms with van der Waals surface area (Å²) in [6.45, 7) is 3.51. The number of benzene rings is 1. The van der Waals surface area contributed by atoms with Gasteiger partial charge in [-0.25, -0.2) is 14.6 Å². The van der Waals surface area contributed by atoms with Crippen molar-refractivity contribution in [2.45, 2.75) is 6.92 Å². The number of aromatic amines is 1. The van der Waals surface area contributed by atoms with Crippen molar-refractivity contribution in [2.75, 3.05) is 40.4 Å². The summed E-state index contributed by atoms with van der Waals surface area (Å²) in [5.41, 5.74) is 1.65. The number of ether oxygens (including phenoxy) is 1. The zero-order valence-corrected chi connectivity index (χ0v) is 20.7. The fraction of sp³-hybridized carbons (Fsp3) is 0.280. The average molecular weight is 503 g/mol. The minimum atomic E-state index is -0.626. The van der Waals surface area contributed by atoms with Crippen LogP contribution in [0.1, 0.15) is 21.7 Å². The Labute approximate surface area is 212 Å². The summed E-state index contributed by atoms with van der Waals surface area (Å²) in [5.74, 6) is 0.880. The summed E-state index contributed by atoms with van der Waals surface area (Å²) in [6, 6.07) is 9.70. The molecule has 4 aromatic rings. The highest BCUT2D eigenvalue weighted by Crippen LogP contribution is 2.32. The van der Waals surface area contributed by atoms with Gasteiger partial charge >= 0.3 is 0 Å². The number of aromatic nitrogens is 5. The highest BCUT2D eigenvalue weighted by Gasteiger charge is 2.31. The minimum absolute atomic E-state index is 0.214. The molecule has 0 bridgehead atoms. The number of amides is 1. The summed E-state index contributed by atoms with van der Waals surface area (Å²) in [4.78, 5) is 47.0. The first-order valence-electron chi connectivity index (χ1n) is 11.7. The largest absolute Gasteiger partial charge is 0.494 e. The number of nitrogens with zero attached hydrogens (tertiary/aromatic N) is 7. The smallest absolute Gasteiger partial charge is 0.295 e. The number of Topliss-reactive ketones (excluding diaryl/α,β-unsaturated/α-hetero) is 1. The van der Waals surface area contributed by atoms with E-state index in [1.807, 2.05) is 35.2 Å². The Morgan fingerprint density at radius 3 is 2.41 bits per heavy atom. The van der Waals surface area contributed by atoms with Crippen LogP contribution in [0, 0.1) is 6.92 Å². The summed E-state index contributed by atoms with van der Waals surface area (Å²) < 4.78 is 6.98. The number of hydrogen-bond donors (Lipinski definition) is 1. The summed E-state index contributed by atoms with van der Waals surface area (Å²) >= 11 is 0. The molecule has 1 aliphatic heterocycles. The summed E-state index contributed by atoms with van der Waals surface area (Å²) in [6.07, 6.45) is 4.55. The number of H-pyrrole nitrogens is 1. The number of piperazine rings is 1. The molecule has 1 N–H and O–H groups in total. The number of pyridine rings is 1. The van der Waals surface area contributed by atoms with Crippen LogP contribution < -0.4 is 4.74 Å². The first-order chi connectivity index (χ1) is 18.0. The lowest BCUT2D eigenvalue weighted by molar-refractivity contribution is -0.127. The number of aryl methyl sites for hydroxylation is 1. The van der Waals surface area contributed by atoms with E-state index < -0.39 is 11.7 Å². The second kappa shape index (κ2) is 10.1. The number of hydrogen-bond acceptors (Lipinski definition) is 8. The maximum absolute atomic E-state index is 13.4. The molecule has 0 aliphatic carbocycles. The molecule has 0 spiro atoms. The third-order valence-electron chi connectivity index (χ3n) is 6.21. The lowest BCUT2D eigenvalue weighted by Gasteiger charge is -2.35. The molecule has 0 atom stereocenters. The molecule has 3 aromatic heterocycles. The van der Waals surface area contributed by atoms with Crippen molar-refractivity contribution >= 4 is 28.4 Å². The van der Waals surface area contributed by atoms with E-state index in [1.165, 1.54) is 37.6 Å². The molecule has 37 heavy (non-hydrogen) atoms. The Hall–Kier alpha value is -4.74. The molecule has 1 aromatic carbocycles. The van der Waals surface area contributed by atoms with E-state index in [1.54, 1.807) is 11.8 Å². The maximum Gasteiger partial charge on any atom is 0.295 e. The second-order valence-electron chi connectivity index (χ2n) is 8.41. The highest BCUT2D eigenvalue weighted by atomic mass is 16.6. The van der Waals surface area contributed by atoms with E-state index in [9.17, 15) is 9.59 Å². The van der Waals surface area contributed by atoms with Gasteiger partial charge in [0.25, 0.3) is 11.7 Å². The Kier molecular flexibility index (Phi) is 6.54. The molecule has 0 unspecified atom stereocenters. The van der Waals surface area contributed by atoms with Crippen LogP contribution >= 0.6 is 0 Å². The van der Waals surface area contributed by atoms with E-state index in [0.717, 1.165) is 5.56 Å². The normalized spacial score (nSPS) is 14.2. The van der Waals surface area contributed by atoms with Gasteiger partial charge < -0.3 is 24.4 Å². The molecule has 0 saturated carbocycles. The predicted octanol–water partition coefficient (Wildman–Crippen LogP) is 1.80. The maximum atomic E-state index is 13.4. The van der Waals surface area contributed by atoms with E-state index in [2.05, 4.69) is 25.2 Å². The van der Waals surface area contributed by atoms with Crippen molar-refractivity contribution in [1.29, 1.82) is 0 Å². The Morgan fingerprint density at radius 1 is 1.03 bits per heavy atom. The molecule has 12 nitrogen and oxygen atoms in total. The van der Waals surface area contributed by atoms with Crippen molar-refractivity contribution in [3.8, 4) is 11.6 Å². The van der Waals surface area contributed by atoms with E-state index in [0.29, 0.717) is 60.3 Å². The molecule has 190 valence electrons. The minimum Gasteiger partial charge on any atom is -0.494 e. The van der Waals surface area contributed by atoms with Gasteiger partial charge in [0.1, 0.15) is 25.0 Å². The topological polar surface area (TPSA) is 131 Å². The van der Waals surface area contributed by atoms with Gasteiger partial charge in [-0.3, -0.25) is 9.59 Å². The van der Waals surface area contributed by atoms with Crippen LogP contribution in [-0.4, -0.2) is 92.5 Å². The number of rotatable bonds is 6. The summed E-state index contributed by atoms with van der Waals surface area (Å²) in [7, 11) is 2.99. The van der Waals surface area contributed by atoms with E-state index in [-0.39, 0.29) is 5.56 Å². The second-order valence-corrected chi connectivity index (χ2v) is 8.41. The van der Waals surface area contributed by atoms with Crippen LogP contribution in [-0.2, 0) is 9.63 Å². The van der Waals surface area contributed by atoms with Crippen LogP contribution in [0.5, 0.6) is 5.75 Å². The number of amidine groups is 1. The third kappa shape index (κ3) is 4.48. The van der Waals surface area contributed by atoms with Crippen LogP contribution in [0.15, 0.2) is 54.2 Å². The van der Waals surface area contributed by atoms with Crippen molar-refractivity contribution < 1.29 is 19.2 Å². The van der Waals surface area contributed by atoms with Crippen molar-refractivity contribution in [1.82, 2.24) is 34.5 Å². The standard InChI is InChI=1S/C25H26N8O4/c1-16-28-15-33(29-16)24-21-20(19(36-2)14-27-24)18(13-26-21)22(34)25(35)32-11-9-31(10-12-32)23(30-37-3)17-7-5-4-6-8-17/h4-8,13-15,26H,9-12H2,1-3H3/b30-23+. The molecule has 1 fully saturated rings. The van der Waals surface area contributed by atoms with Gasteiger partial charge in [-0.05, 0) is 6.92 Å². The molecular weight excluding hydrogens is 476 g/mol.